The van der Waals surface area contributed by atoms with E-state index in [0.29, 0.717) is 11.3 Å². The third-order valence-electron chi connectivity index (χ3n) is 4.00. The van der Waals surface area contributed by atoms with Gasteiger partial charge in [-0.15, -0.1) is 0 Å². The Morgan fingerprint density at radius 2 is 1.68 bits per heavy atom. The third kappa shape index (κ3) is 6.04. The molecule has 8 heteroatoms. The number of sulfonamides is 1. The minimum absolute atomic E-state index is 0.0485. The van der Waals surface area contributed by atoms with Gasteiger partial charge < -0.3 is 10.6 Å². The summed E-state index contributed by atoms with van der Waals surface area (Å²) in [5.41, 5.74) is 1.33. The molecular weight excluding hydrogens is 378 g/mol. The molecule has 0 aromatic heterocycles. The fourth-order valence-electron chi connectivity index (χ4n) is 2.37. The summed E-state index contributed by atoms with van der Waals surface area (Å²) >= 11 is 0. The zero-order chi connectivity index (χ0) is 20.0. The van der Waals surface area contributed by atoms with E-state index in [1.807, 2.05) is 6.07 Å². The second-order valence-electron chi connectivity index (χ2n) is 6.43. The van der Waals surface area contributed by atoms with Crippen LogP contribution in [-0.2, 0) is 19.6 Å². The maximum atomic E-state index is 12.1. The van der Waals surface area contributed by atoms with Crippen LogP contribution >= 0.6 is 0 Å². The molecule has 2 aromatic carbocycles. The van der Waals surface area contributed by atoms with Crippen LogP contribution in [-0.4, -0.2) is 32.8 Å². The smallest absolute Gasteiger partial charge is 0.244 e. The molecule has 28 heavy (non-hydrogen) atoms. The molecule has 1 saturated carbocycles. The highest BCUT2D eigenvalue weighted by Crippen LogP contribution is 2.22. The molecule has 1 aliphatic carbocycles. The number of anilines is 1. The Kier molecular flexibility index (Phi) is 6.23. The van der Waals surface area contributed by atoms with Gasteiger partial charge in [0.15, 0.2) is 0 Å². The predicted octanol–water partition coefficient (Wildman–Crippen LogP) is 1.90. The van der Waals surface area contributed by atoms with Crippen molar-refractivity contribution in [3.63, 3.8) is 0 Å². The van der Waals surface area contributed by atoms with Crippen LogP contribution < -0.4 is 15.4 Å². The molecule has 7 nitrogen and oxygen atoms in total. The first kappa shape index (κ1) is 19.8. The average Bonchev–Trinajstić information content (AvgIpc) is 3.49. The van der Waals surface area contributed by atoms with Gasteiger partial charge >= 0.3 is 0 Å². The lowest BCUT2D eigenvalue weighted by molar-refractivity contribution is -0.121. The first-order valence-electron chi connectivity index (χ1n) is 8.85. The average molecular weight is 399 g/mol. The number of amides is 2. The Bertz CT molecular complexity index is 966. The summed E-state index contributed by atoms with van der Waals surface area (Å²) in [6.45, 7) is -0.151. The van der Waals surface area contributed by atoms with Gasteiger partial charge in [-0.1, -0.05) is 30.3 Å². The number of carbonyl (C=O) groups excluding carboxylic acids is 2. The summed E-state index contributed by atoms with van der Waals surface area (Å²) in [5.74, 6) is -0.749. The molecule has 0 atom stereocenters. The number of benzene rings is 2. The van der Waals surface area contributed by atoms with Crippen LogP contribution in [0.15, 0.2) is 65.6 Å². The van der Waals surface area contributed by atoms with Crippen molar-refractivity contribution < 1.29 is 18.0 Å². The normalized spacial score (nSPS) is 14.0. The van der Waals surface area contributed by atoms with Crippen LogP contribution in [0, 0.1) is 0 Å². The monoisotopic (exact) mass is 399 g/mol. The largest absolute Gasteiger partial charge is 0.343 e. The van der Waals surface area contributed by atoms with Gasteiger partial charge in [-0.05, 0) is 48.7 Å². The molecule has 1 fully saturated rings. The molecule has 0 aliphatic heterocycles. The summed E-state index contributed by atoms with van der Waals surface area (Å²) < 4.78 is 26.8. The van der Waals surface area contributed by atoms with E-state index < -0.39 is 15.9 Å². The third-order valence-corrected chi connectivity index (χ3v) is 5.53. The van der Waals surface area contributed by atoms with Gasteiger partial charge in [-0.3, -0.25) is 9.59 Å². The van der Waals surface area contributed by atoms with Gasteiger partial charge in [0, 0.05) is 17.8 Å². The lowest BCUT2D eigenvalue weighted by atomic mass is 10.2. The number of para-hydroxylation sites is 1. The van der Waals surface area contributed by atoms with E-state index >= 15 is 0 Å². The van der Waals surface area contributed by atoms with Gasteiger partial charge in [0.25, 0.3) is 0 Å². The maximum Gasteiger partial charge on any atom is 0.244 e. The topological polar surface area (TPSA) is 104 Å². The van der Waals surface area contributed by atoms with Crippen LogP contribution in [0.5, 0.6) is 0 Å². The summed E-state index contributed by atoms with van der Waals surface area (Å²) in [6.07, 6.45) is 4.59. The van der Waals surface area contributed by atoms with Crippen molar-refractivity contribution in [3.05, 3.63) is 66.2 Å². The first-order chi connectivity index (χ1) is 13.4. The molecule has 0 saturated heterocycles. The fraction of sp³-hybridized carbons (Fsp3) is 0.200. The molecule has 3 N–H and O–H groups in total. The van der Waals surface area contributed by atoms with Crippen LogP contribution in [0.2, 0.25) is 0 Å². The van der Waals surface area contributed by atoms with Gasteiger partial charge in [-0.2, -0.15) is 0 Å². The number of hydrogen-bond acceptors (Lipinski definition) is 4. The lowest BCUT2D eigenvalue weighted by Gasteiger charge is -2.06. The van der Waals surface area contributed by atoms with Gasteiger partial charge in [0.05, 0.1) is 11.4 Å². The first-order valence-corrected chi connectivity index (χ1v) is 10.3. The van der Waals surface area contributed by atoms with E-state index in [0.717, 1.165) is 12.8 Å². The van der Waals surface area contributed by atoms with E-state index in [-0.39, 0.29) is 23.4 Å². The second-order valence-corrected chi connectivity index (χ2v) is 8.14. The van der Waals surface area contributed by atoms with E-state index in [4.69, 9.17) is 0 Å². The van der Waals surface area contributed by atoms with E-state index in [1.165, 1.54) is 18.2 Å². The summed E-state index contributed by atoms with van der Waals surface area (Å²) in [7, 11) is -3.49. The van der Waals surface area contributed by atoms with Crippen molar-refractivity contribution in [2.45, 2.75) is 23.8 Å². The molecule has 0 unspecified atom stereocenters. The number of nitrogens with one attached hydrogen (secondary N) is 3. The molecule has 0 radical (unpaired) electrons. The second kappa shape index (κ2) is 8.81. The SMILES string of the molecule is O=C(C=Cc1ccc(S(=O)(=O)NC2CC2)cc1)NCC(=O)Nc1ccccc1. The van der Waals surface area contributed by atoms with Gasteiger partial charge in [0.2, 0.25) is 21.8 Å². The standard InChI is InChI=1S/C20H21N3O4S/c24-19(21-14-20(25)22-16-4-2-1-3-5-16)13-8-15-6-11-18(12-7-15)28(26,27)23-17-9-10-17/h1-8,11-13,17,23H,9-10,14H2,(H,21,24)(H,22,25). The summed E-state index contributed by atoms with van der Waals surface area (Å²) in [6, 6.07) is 15.2. The predicted molar refractivity (Wildman–Crippen MR) is 107 cm³/mol. The molecule has 1 aliphatic rings. The molecular formula is C20H21N3O4S. The highest BCUT2D eigenvalue weighted by atomic mass is 32.2. The summed E-state index contributed by atoms with van der Waals surface area (Å²) in [5, 5.41) is 5.16. The Labute approximate surface area is 163 Å². The van der Waals surface area contributed by atoms with Crippen molar-refractivity contribution in [2.24, 2.45) is 0 Å². The Morgan fingerprint density at radius 3 is 2.32 bits per heavy atom. The molecule has 0 bridgehead atoms. The molecule has 2 amide bonds. The van der Waals surface area contributed by atoms with Crippen molar-refractivity contribution >= 4 is 33.6 Å². The molecule has 146 valence electrons. The van der Waals surface area contributed by atoms with Crippen LogP contribution in [0.4, 0.5) is 5.69 Å². The molecule has 0 heterocycles. The fourth-order valence-corrected chi connectivity index (χ4v) is 3.68. The maximum absolute atomic E-state index is 12.1. The number of rotatable bonds is 8. The van der Waals surface area contributed by atoms with Gasteiger partial charge in [-0.25, -0.2) is 13.1 Å². The van der Waals surface area contributed by atoms with E-state index in [9.17, 15) is 18.0 Å². The number of hydrogen-bond donors (Lipinski definition) is 3. The highest BCUT2D eigenvalue weighted by Gasteiger charge is 2.27. The molecule has 3 rings (SSSR count). The van der Waals surface area contributed by atoms with E-state index in [1.54, 1.807) is 42.5 Å². The van der Waals surface area contributed by atoms with Crippen molar-refractivity contribution in [1.29, 1.82) is 0 Å². The number of carbonyl (C=O) groups is 2. The minimum Gasteiger partial charge on any atom is -0.343 e. The Morgan fingerprint density at radius 1 is 1.00 bits per heavy atom. The zero-order valence-corrected chi connectivity index (χ0v) is 15.9. The van der Waals surface area contributed by atoms with Gasteiger partial charge in [0.1, 0.15) is 0 Å². The Balaban J connectivity index is 1.47. The van der Waals surface area contributed by atoms with Crippen molar-refractivity contribution in [1.82, 2.24) is 10.0 Å². The lowest BCUT2D eigenvalue weighted by Crippen LogP contribution is -2.31. The van der Waals surface area contributed by atoms with Crippen LogP contribution in [0.3, 0.4) is 0 Å². The highest BCUT2D eigenvalue weighted by molar-refractivity contribution is 7.89. The molecule has 2 aromatic rings. The molecule has 0 spiro atoms. The Hall–Kier alpha value is -2.97. The quantitative estimate of drug-likeness (QED) is 0.590. The van der Waals surface area contributed by atoms with Crippen LogP contribution in [0.25, 0.3) is 6.08 Å². The summed E-state index contributed by atoms with van der Waals surface area (Å²) in [4.78, 5) is 23.8. The van der Waals surface area contributed by atoms with Crippen molar-refractivity contribution in [2.75, 3.05) is 11.9 Å². The van der Waals surface area contributed by atoms with E-state index in [2.05, 4.69) is 15.4 Å². The minimum atomic E-state index is -3.49. The zero-order valence-electron chi connectivity index (χ0n) is 15.1. The van der Waals surface area contributed by atoms with Crippen LogP contribution in [0.1, 0.15) is 18.4 Å². The van der Waals surface area contributed by atoms with Crippen molar-refractivity contribution in [3.8, 4) is 0 Å².